The summed E-state index contributed by atoms with van der Waals surface area (Å²) in [4.78, 5) is 3.79. The minimum absolute atomic E-state index is 0.357. The van der Waals surface area contributed by atoms with E-state index in [1.54, 1.807) is 0 Å². The number of rotatable bonds is 1. The van der Waals surface area contributed by atoms with E-state index in [9.17, 15) is 0 Å². The predicted molar refractivity (Wildman–Crippen MR) is 43.6 cm³/mol. The fraction of sp³-hybridized carbons (Fsp3) is 0. The molecule has 0 bridgehead atoms. The first-order valence-corrected chi connectivity index (χ1v) is 3.48. The molecule has 3 nitrogen and oxygen atoms in total. The lowest BCUT2D eigenvalue weighted by molar-refractivity contribution is 0.321. The molecule has 0 aliphatic carbocycles. The van der Waals surface area contributed by atoms with E-state index in [0.717, 1.165) is 6.21 Å². The zero-order chi connectivity index (χ0) is 8.27. The summed E-state index contributed by atoms with van der Waals surface area (Å²) in [7, 11) is 0. The second-order valence-corrected chi connectivity index (χ2v) is 2.61. The van der Waals surface area contributed by atoms with Crippen molar-refractivity contribution in [2.45, 2.75) is 0 Å². The van der Waals surface area contributed by atoms with Gasteiger partial charge in [-0.1, -0.05) is 28.4 Å². The van der Waals surface area contributed by atoms with Crippen LogP contribution in [0.3, 0.4) is 0 Å². The Labute approximate surface area is 73.3 Å². The van der Waals surface area contributed by atoms with Crippen LogP contribution < -0.4 is 0 Å². The van der Waals surface area contributed by atoms with Crippen LogP contribution in [-0.4, -0.2) is 16.4 Å². The van der Waals surface area contributed by atoms with Crippen LogP contribution in [0, 0.1) is 0 Å². The smallest absolute Gasteiger partial charge is 0.103 e. The van der Waals surface area contributed by atoms with Crippen molar-refractivity contribution in [2.75, 3.05) is 0 Å². The summed E-state index contributed by atoms with van der Waals surface area (Å²) >= 11 is 11.2. The lowest BCUT2D eigenvalue weighted by Gasteiger charge is -1.94. The van der Waals surface area contributed by atoms with Gasteiger partial charge in [0, 0.05) is 6.20 Å². The first-order chi connectivity index (χ1) is 5.24. The number of hydrogen-bond donors (Lipinski definition) is 1. The third-order valence-electron chi connectivity index (χ3n) is 1.02. The van der Waals surface area contributed by atoms with E-state index < -0.39 is 0 Å². The molecule has 0 radical (unpaired) electrons. The van der Waals surface area contributed by atoms with Gasteiger partial charge >= 0.3 is 0 Å². The van der Waals surface area contributed by atoms with E-state index in [4.69, 9.17) is 28.4 Å². The highest BCUT2D eigenvalue weighted by Crippen LogP contribution is 2.16. The average Bonchev–Trinajstić information content (AvgIpc) is 1.95. The summed E-state index contributed by atoms with van der Waals surface area (Å²) in [5.41, 5.74) is 0.388. The first kappa shape index (κ1) is 8.30. The van der Waals surface area contributed by atoms with Crippen molar-refractivity contribution in [3.8, 4) is 0 Å². The summed E-state index contributed by atoms with van der Waals surface area (Å²) in [6.07, 6.45) is 2.56. The zero-order valence-electron chi connectivity index (χ0n) is 5.33. The van der Waals surface area contributed by atoms with Crippen LogP contribution in [0.1, 0.15) is 5.69 Å². The van der Waals surface area contributed by atoms with Gasteiger partial charge < -0.3 is 5.21 Å². The first-order valence-electron chi connectivity index (χ1n) is 2.72. The second kappa shape index (κ2) is 3.55. The van der Waals surface area contributed by atoms with Crippen LogP contribution >= 0.6 is 23.2 Å². The van der Waals surface area contributed by atoms with E-state index in [1.165, 1.54) is 12.3 Å². The summed E-state index contributed by atoms with van der Waals surface area (Å²) in [6, 6.07) is 1.52. The number of oxime groups is 1. The van der Waals surface area contributed by atoms with Crippen LogP contribution in [0.2, 0.25) is 10.0 Å². The van der Waals surface area contributed by atoms with Crippen molar-refractivity contribution < 1.29 is 5.21 Å². The summed E-state index contributed by atoms with van der Waals surface area (Å²) in [5, 5.41) is 11.7. The van der Waals surface area contributed by atoms with Gasteiger partial charge in [-0.3, -0.25) is 4.98 Å². The number of pyridine rings is 1. The van der Waals surface area contributed by atoms with E-state index >= 15 is 0 Å². The molecule has 0 atom stereocenters. The zero-order valence-corrected chi connectivity index (χ0v) is 6.84. The lowest BCUT2D eigenvalue weighted by atomic mass is 10.4. The quantitative estimate of drug-likeness (QED) is 0.420. The molecule has 1 rings (SSSR count). The molecule has 58 valence electrons. The molecular formula is C6H4Cl2N2O. The Hall–Kier alpha value is -0.800. The highest BCUT2D eigenvalue weighted by molar-refractivity contribution is 6.35. The molecule has 0 unspecified atom stereocenters. The summed E-state index contributed by atoms with van der Waals surface area (Å²) < 4.78 is 0. The number of aromatic nitrogens is 1. The standard InChI is InChI=1S/C6H4Cl2N2O/c7-4-1-5(8)6(3-10-11)9-2-4/h1-3,11H/b10-3+. The molecule has 1 aromatic rings. The molecule has 0 spiro atoms. The minimum atomic E-state index is 0.357. The topological polar surface area (TPSA) is 45.5 Å². The number of hydrogen-bond acceptors (Lipinski definition) is 3. The van der Waals surface area contributed by atoms with E-state index in [-0.39, 0.29) is 0 Å². The second-order valence-electron chi connectivity index (χ2n) is 1.77. The molecule has 0 aliphatic rings. The van der Waals surface area contributed by atoms with Gasteiger partial charge in [-0.2, -0.15) is 0 Å². The van der Waals surface area contributed by atoms with Gasteiger partial charge in [-0.05, 0) is 6.07 Å². The summed E-state index contributed by atoms with van der Waals surface area (Å²) in [6.45, 7) is 0. The monoisotopic (exact) mass is 190 g/mol. The van der Waals surface area contributed by atoms with Crippen LogP contribution in [-0.2, 0) is 0 Å². The molecule has 1 aromatic heterocycles. The molecule has 11 heavy (non-hydrogen) atoms. The maximum Gasteiger partial charge on any atom is 0.103 e. The maximum atomic E-state index is 8.15. The van der Waals surface area contributed by atoms with Gasteiger partial charge in [0.25, 0.3) is 0 Å². The number of halogens is 2. The molecule has 0 fully saturated rings. The number of nitrogens with zero attached hydrogens (tertiary/aromatic N) is 2. The van der Waals surface area contributed by atoms with Crippen molar-refractivity contribution >= 4 is 29.4 Å². The molecule has 0 amide bonds. The molecule has 0 saturated heterocycles. The minimum Gasteiger partial charge on any atom is -0.411 e. The lowest BCUT2D eigenvalue weighted by Crippen LogP contribution is -1.87. The van der Waals surface area contributed by atoms with Crippen molar-refractivity contribution in [1.29, 1.82) is 0 Å². The van der Waals surface area contributed by atoms with Gasteiger partial charge in [0.2, 0.25) is 0 Å². The van der Waals surface area contributed by atoms with Gasteiger partial charge in [0.1, 0.15) is 5.69 Å². The van der Waals surface area contributed by atoms with Crippen molar-refractivity contribution in [3.63, 3.8) is 0 Å². The van der Waals surface area contributed by atoms with E-state index in [1.807, 2.05) is 0 Å². The van der Waals surface area contributed by atoms with Gasteiger partial charge in [-0.15, -0.1) is 0 Å². The Morgan fingerprint density at radius 3 is 2.82 bits per heavy atom. The van der Waals surface area contributed by atoms with E-state index in [2.05, 4.69) is 10.1 Å². The van der Waals surface area contributed by atoms with E-state index in [0.29, 0.717) is 15.7 Å². The molecule has 1 heterocycles. The van der Waals surface area contributed by atoms with Crippen molar-refractivity contribution in [3.05, 3.63) is 28.0 Å². The van der Waals surface area contributed by atoms with Crippen LogP contribution in [0.4, 0.5) is 0 Å². The Kier molecular flexibility index (Phi) is 2.68. The van der Waals surface area contributed by atoms with Gasteiger partial charge in [-0.25, -0.2) is 0 Å². The normalized spacial score (nSPS) is 10.7. The Bertz CT molecular complexity index is 288. The fourth-order valence-electron chi connectivity index (χ4n) is 0.575. The average molecular weight is 191 g/mol. The molecular weight excluding hydrogens is 187 g/mol. The van der Waals surface area contributed by atoms with Gasteiger partial charge in [0.15, 0.2) is 0 Å². The molecule has 0 saturated carbocycles. The molecule has 0 aliphatic heterocycles. The third-order valence-corrected chi connectivity index (χ3v) is 1.53. The van der Waals surface area contributed by atoms with Gasteiger partial charge in [0.05, 0.1) is 16.3 Å². The van der Waals surface area contributed by atoms with Crippen molar-refractivity contribution in [2.24, 2.45) is 5.16 Å². The fourth-order valence-corrected chi connectivity index (χ4v) is 1.00. The van der Waals surface area contributed by atoms with Crippen LogP contribution in [0.25, 0.3) is 0 Å². The summed E-state index contributed by atoms with van der Waals surface area (Å²) in [5.74, 6) is 0. The maximum absolute atomic E-state index is 8.15. The largest absolute Gasteiger partial charge is 0.411 e. The Morgan fingerprint density at radius 1 is 1.55 bits per heavy atom. The highest BCUT2D eigenvalue weighted by Gasteiger charge is 1.98. The highest BCUT2D eigenvalue weighted by atomic mass is 35.5. The Morgan fingerprint density at radius 2 is 2.27 bits per heavy atom. The predicted octanol–water partition coefficient (Wildman–Crippen LogP) is 2.20. The molecule has 1 N–H and O–H groups in total. The molecule has 0 aromatic carbocycles. The van der Waals surface area contributed by atoms with Crippen LogP contribution in [0.15, 0.2) is 17.4 Å². The SMILES string of the molecule is O/N=C/c1ncc(Cl)cc1Cl. The van der Waals surface area contributed by atoms with Crippen molar-refractivity contribution in [1.82, 2.24) is 4.98 Å². The van der Waals surface area contributed by atoms with Crippen LogP contribution in [0.5, 0.6) is 0 Å². The molecule has 5 heteroatoms. The third kappa shape index (κ3) is 2.06. The Balaban J connectivity index is 3.09.